The summed E-state index contributed by atoms with van der Waals surface area (Å²) in [5.74, 6) is -2.71. The Morgan fingerprint density at radius 1 is 0.479 bits per heavy atom. The average molecular weight is 1000 g/mol. The molecule has 0 aliphatic rings. The molecule has 0 unspecified atom stereocenters. The Morgan fingerprint density at radius 3 is 1.22 bits per heavy atom. The maximum absolute atomic E-state index is 14.1. The van der Waals surface area contributed by atoms with Gasteiger partial charge < -0.3 is 40.6 Å². The van der Waals surface area contributed by atoms with Crippen molar-refractivity contribution in [2.45, 2.75) is 154 Å². The van der Waals surface area contributed by atoms with E-state index >= 15 is 0 Å². The summed E-state index contributed by atoms with van der Waals surface area (Å²) in [5.41, 5.74) is 14.9. The fourth-order valence-corrected chi connectivity index (χ4v) is 8.92. The third kappa shape index (κ3) is 23.0. The van der Waals surface area contributed by atoms with Crippen molar-refractivity contribution in [3.63, 3.8) is 0 Å². The van der Waals surface area contributed by atoms with Crippen LogP contribution in [0.2, 0.25) is 0 Å². The molecule has 12 nitrogen and oxygen atoms in total. The van der Waals surface area contributed by atoms with Crippen molar-refractivity contribution in [2.24, 2.45) is 5.41 Å². The molecule has 0 saturated carbocycles. The summed E-state index contributed by atoms with van der Waals surface area (Å²) in [7, 11) is 0. The van der Waals surface area contributed by atoms with E-state index in [1.54, 1.807) is 50.3 Å². The summed E-state index contributed by atoms with van der Waals surface area (Å²) in [6.07, 6.45) is 21.7. The Balaban J connectivity index is 1.20. The van der Waals surface area contributed by atoms with Crippen LogP contribution in [0.4, 0.5) is 11.4 Å². The Labute approximate surface area is 434 Å². The molecule has 4 aromatic carbocycles. The van der Waals surface area contributed by atoms with E-state index in [9.17, 15) is 29.4 Å². The summed E-state index contributed by atoms with van der Waals surface area (Å²) < 4.78 is 21.6. The lowest BCUT2D eigenvalue weighted by molar-refractivity contribution is -0.234. The topological polar surface area (TPSA) is 198 Å². The number of nitrogen functional groups attached to an aromatic ring is 2. The molecule has 0 aliphatic carbocycles. The monoisotopic (exact) mass is 1000 g/mol. The highest BCUT2D eigenvalue weighted by atomic mass is 16.5. The van der Waals surface area contributed by atoms with Crippen LogP contribution in [0.1, 0.15) is 158 Å². The number of nitrogens with two attached hydrogens (primary N) is 2. The van der Waals surface area contributed by atoms with E-state index in [1.807, 2.05) is 72.8 Å². The van der Waals surface area contributed by atoms with Crippen molar-refractivity contribution in [2.75, 3.05) is 37.9 Å². The van der Waals surface area contributed by atoms with Crippen LogP contribution < -0.4 is 20.9 Å². The van der Waals surface area contributed by atoms with Gasteiger partial charge in [-0.3, -0.25) is 9.59 Å². The molecule has 73 heavy (non-hydrogen) atoms. The van der Waals surface area contributed by atoms with E-state index in [2.05, 4.69) is 0 Å². The maximum Gasteiger partial charge on any atom is 0.330 e. The molecule has 0 fully saturated rings. The van der Waals surface area contributed by atoms with Gasteiger partial charge in [-0.2, -0.15) is 0 Å². The zero-order valence-electron chi connectivity index (χ0n) is 43.5. The fraction of sp³-hybridized carbons (Fsp3) is 0.475. The van der Waals surface area contributed by atoms with E-state index < -0.39 is 17.0 Å². The second-order valence-corrected chi connectivity index (χ2v) is 19.1. The molecule has 0 bridgehead atoms. The highest BCUT2D eigenvalue weighted by Gasteiger charge is 2.54. The Kier molecular flexibility index (Phi) is 27.2. The summed E-state index contributed by atoms with van der Waals surface area (Å²) in [4.78, 5) is 51.2. The van der Waals surface area contributed by atoms with E-state index in [0.29, 0.717) is 50.6 Å². The molecule has 396 valence electrons. The zero-order chi connectivity index (χ0) is 52.6. The molecule has 0 amide bonds. The summed E-state index contributed by atoms with van der Waals surface area (Å²) in [5, 5.41) is 24.3. The molecule has 0 radical (unpaired) electrons. The van der Waals surface area contributed by atoms with Gasteiger partial charge in [0, 0.05) is 48.2 Å². The highest BCUT2D eigenvalue weighted by molar-refractivity contribution is 5.89. The quantitative estimate of drug-likeness (QED) is 0.0109. The number of benzene rings is 4. The van der Waals surface area contributed by atoms with Crippen molar-refractivity contribution < 1.29 is 48.3 Å². The number of hydrogen-bond acceptors (Lipinski definition) is 12. The third-order valence-electron chi connectivity index (χ3n) is 13.1. The first kappa shape index (κ1) is 59.3. The van der Waals surface area contributed by atoms with Gasteiger partial charge in [-0.1, -0.05) is 126 Å². The number of carbonyl (C=O) groups excluding carboxylic acids is 4. The van der Waals surface area contributed by atoms with Gasteiger partial charge in [-0.05, 0) is 135 Å². The summed E-state index contributed by atoms with van der Waals surface area (Å²) in [6, 6.07) is 29.5. The number of esters is 2. The average Bonchev–Trinajstić information content (AvgIpc) is 3.38. The minimum Gasteiger partial charge on any atom is -0.494 e. The van der Waals surface area contributed by atoms with Gasteiger partial charge in [0.2, 0.25) is 5.79 Å². The molecule has 12 heteroatoms. The fourth-order valence-electron chi connectivity index (χ4n) is 8.92. The lowest BCUT2D eigenvalue weighted by Gasteiger charge is -2.43. The minimum atomic E-state index is -2.78. The van der Waals surface area contributed by atoms with Gasteiger partial charge in [-0.15, -0.1) is 0 Å². The van der Waals surface area contributed by atoms with E-state index in [4.69, 9.17) is 30.4 Å². The van der Waals surface area contributed by atoms with Gasteiger partial charge >= 0.3 is 11.9 Å². The van der Waals surface area contributed by atoms with Gasteiger partial charge in [0.15, 0.2) is 5.78 Å². The van der Waals surface area contributed by atoms with Crippen LogP contribution in [-0.2, 0) is 41.5 Å². The number of unbranched alkanes of at least 4 members (excludes halogenated alkanes) is 14. The van der Waals surface area contributed by atoms with Gasteiger partial charge in [0.1, 0.15) is 17.3 Å². The third-order valence-corrected chi connectivity index (χ3v) is 13.1. The van der Waals surface area contributed by atoms with Crippen molar-refractivity contribution in [1.29, 1.82) is 0 Å². The molecule has 4 rings (SSSR count). The molecular formula is C61H82N2O10. The standard InChI is InChI=1S/C61H82N2O10/c1-3-70-58(66)41-31-48-27-37-55(38-28-48)72-43-19-15-11-7-5-9-13-17-21-54(64)47-60(45-50-23-33-52(62)34-24-50,46-51-25-35-53(63)36-26-51)61(68,69)57(65)22-18-14-10-6-8-12-16-20-44-73-56-39-29-49(30-40-56)32-42-59(67)71-4-2/h23-42,68-69H,3-22,43-47,62-63H2,1-2H3/b41-31+,42-32+. The van der Waals surface area contributed by atoms with Crippen LogP contribution in [0.5, 0.6) is 11.5 Å². The van der Waals surface area contributed by atoms with Crippen LogP contribution in [0.25, 0.3) is 12.2 Å². The second kappa shape index (κ2) is 33.5. The number of carbonyl (C=O) groups is 4. The number of rotatable bonds is 38. The smallest absolute Gasteiger partial charge is 0.330 e. The predicted octanol–water partition coefficient (Wildman–Crippen LogP) is 12.2. The van der Waals surface area contributed by atoms with Crippen molar-refractivity contribution in [3.05, 3.63) is 131 Å². The number of ether oxygens (including phenoxy) is 4. The lowest BCUT2D eigenvalue weighted by Crippen LogP contribution is -2.57. The number of anilines is 2. The number of Topliss-reactive ketones (excluding diaryl/α,β-unsaturated/α-hetero) is 2. The zero-order valence-corrected chi connectivity index (χ0v) is 43.5. The largest absolute Gasteiger partial charge is 0.494 e. The Morgan fingerprint density at radius 2 is 0.836 bits per heavy atom. The second-order valence-electron chi connectivity index (χ2n) is 19.1. The van der Waals surface area contributed by atoms with Crippen LogP contribution >= 0.6 is 0 Å². The van der Waals surface area contributed by atoms with Crippen LogP contribution in [0.3, 0.4) is 0 Å². The molecule has 6 N–H and O–H groups in total. The molecule has 0 atom stereocenters. The Bertz CT molecular complexity index is 2220. The van der Waals surface area contributed by atoms with Crippen molar-refractivity contribution in [3.8, 4) is 11.5 Å². The van der Waals surface area contributed by atoms with Gasteiger partial charge in [0.25, 0.3) is 0 Å². The van der Waals surface area contributed by atoms with Crippen molar-refractivity contribution >= 4 is 47.0 Å². The maximum atomic E-state index is 14.1. The van der Waals surface area contributed by atoms with E-state index in [1.165, 1.54) is 12.2 Å². The van der Waals surface area contributed by atoms with E-state index in [-0.39, 0.29) is 49.8 Å². The molecule has 4 aromatic rings. The minimum absolute atomic E-state index is 0.00778. The lowest BCUT2D eigenvalue weighted by atomic mass is 9.65. The van der Waals surface area contributed by atoms with Crippen LogP contribution in [-0.4, -0.2) is 65.9 Å². The normalized spacial score (nSPS) is 11.8. The predicted molar refractivity (Wildman–Crippen MR) is 292 cm³/mol. The highest BCUT2D eigenvalue weighted by Crippen LogP contribution is 2.43. The first-order chi connectivity index (χ1) is 35.3. The van der Waals surface area contributed by atoms with Crippen LogP contribution in [0, 0.1) is 5.41 Å². The number of ketones is 2. The van der Waals surface area contributed by atoms with Crippen LogP contribution in [0.15, 0.2) is 109 Å². The molecule has 0 heterocycles. The Hall–Kier alpha value is -6.24. The number of aliphatic hydroxyl groups is 2. The van der Waals surface area contributed by atoms with E-state index in [0.717, 1.165) is 124 Å². The number of hydrogen-bond donors (Lipinski definition) is 4. The molecule has 0 aliphatic heterocycles. The summed E-state index contributed by atoms with van der Waals surface area (Å²) in [6.45, 7) is 5.48. The summed E-state index contributed by atoms with van der Waals surface area (Å²) >= 11 is 0. The molecule has 0 spiro atoms. The molecular weight excluding hydrogens is 921 g/mol. The van der Waals surface area contributed by atoms with Gasteiger partial charge in [0.05, 0.1) is 26.4 Å². The van der Waals surface area contributed by atoms with Gasteiger partial charge in [-0.25, -0.2) is 9.59 Å². The first-order valence-electron chi connectivity index (χ1n) is 26.7. The molecule has 0 saturated heterocycles. The van der Waals surface area contributed by atoms with Crippen molar-refractivity contribution in [1.82, 2.24) is 0 Å². The first-order valence-corrected chi connectivity index (χ1v) is 26.7. The SMILES string of the molecule is CCOC(=O)/C=C/c1ccc(OCCCCCCCCCCC(=O)CC(Cc2ccc(N)cc2)(Cc2ccc(N)cc2)C(O)(O)C(=O)CCCCCCCCCCOc2ccc(/C=C/C(=O)OCC)cc2)cc1. The molecule has 0 aromatic heterocycles.